The molecular formula is C20H20N6OS. The fourth-order valence-electron chi connectivity index (χ4n) is 3.00. The van der Waals surface area contributed by atoms with Crippen LogP contribution >= 0.6 is 12.6 Å². The van der Waals surface area contributed by atoms with Gasteiger partial charge in [0.05, 0.1) is 31.1 Å². The van der Waals surface area contributed by atoms with Crippen molar-refractivity contribution in [1.82, 2.24) is 30.0 Å². The summed E-state index contributed by atoms with van der Waals surface area (Å²) in [5.41, 5.74) is 4.01. The van der Waals surface area contributed by atoms with Crippen molar-refractivity contribution in [3.8, 4) is 22.8 Å². The Bertz CT molecular complexity index is 1090. The molecule has 0 saturated carbocycles. The maximum Gasteiger partial charge on any atom is 0.209 e. The second-order valence-corrected chi connectivity index (χ2v) is 6.69. The van der Waals surface area contributed by atoms with Gasteiger partial charge in [-0.05, 0) is 41.0 Å². The maximum atomic E-state index is 5.18. The molecule has 142 valence electrons. The van der Waals surface area contributed by atoms with E-state index in [1.165, 1.54) is 5.56 Å². The molecule has 4 rings (SSSR count). The molecule has 0 fully saturated rings. The summed E-state index contributed by atoms with van der Waals surface area (Å²) in [5.74, 6) is 1.31. The van der Waals surface area contributed by atoms with Gasteiger partial charge in [-0.1, -0.05) is 37.3 Å². The van der Waals surface area contributed by atoms with Crippen molar-refractivity contribution in [2.24, 2.45) is 0 Å². The molecule has 0 spiro atoms. The highest BCUT2D eigenvalue weighted by Crippen LogP contribution is 2.27. The van der Waals surface area contributed by atoms with E-state index in [-0.39, 0.29) is 0 Å². The monoisotopic (exact) mass is 392 g/mol. The first-order valence-electron chi connectivity index (χ1n) is 8.96. The van der Waals surface area contributed by atoms with E-state index in [4.69, 9.17) is 4.74 Å². The molecule has 0 amide bonds. The first-order valence-corrected chi connectivity index (χ1v) is 9.40. The fourth-order valence-corrected chi connectivity index (χ4v) is 3.32. The van der Waals surface area contributed by atoms with Gasteiger partial charge in [0.25, 0.3) is 0 Å². The van der Waals surface area contributed by atoms with Crippen LogP contribution in [0.15, 0.2) is 59.8 Å². The van der Waals surface area contributed by atoms with Crippen molar-refractivity contribution in [2.75, 3.05) is 7.11 Å². The molecule has 2 aromatic carbocycles. The fraction of sp³-hybridized carbons (Fsp3) is 0.200. The lowest BCUT2D eigenvalue weighted by atomic mass is 10.1. The van der Waals surface area contributed by atoms with Crippen LogP contribution in [0.2, 0.25) is 0 Å². The van der Waals surface area contributed by atoms with Crippen LogP contribution in [0.5, 0.6) is 5.75 Å². The number of aryl methyl sites for hydroxylation is 1. The summed E-state index contributed by atoms with van der Waals surface area (Å²) in [6, 6.07) is 15.9. The second kappa shape index (κ2) is 7.85. The van der Waals surface area contributed by atoms with E-state index in [1.807, 2.05) is 42.5 Å². The lowest BCUT2D eigenvalue weighted by molar-refractivity contribution is 0.414. The van der Waals surface area contributed by atoms with Gasteiger partial charge in [0, 0.05) is 0 Å². The van der Waals surface area contributed by atoms with Gasteiger partial charge in [-0.15, -0.1) is 22.8 Å². The van der Waals surface area contributed by atoms with Crippen LogP contribution in [0.1, 0.15) is 18.1 Å². The standard InChI is InChI=1S/C20H20N6OS/c1-3-15-6-4-5-7-18(15)26-20(28)17(12-21-26)19-22-24-25(23-19)13-14-8-10-16(27-2)11-9-14/h4-12,28H,3,13H2,1-2H3. The summed E-state index contributed by atoms with van der Waals surface area (Å²) in [4.78, 5) is 1.56. The highest BCUT2D eigenvalue weighted by molar-refractivity contribution is 7.80. The molecule has 8 heteroatoms. The van der Waals surface area contributed by atoms with E-state index in [1.54, 1.807) is 22.8 Å². The van der Waals surface area contributed by atoms with Gasteiger partial charge in [-0.3, -0.25) is 0 Å². The third-order valence-corrected chi connectivity index (χ3v) is 4.95. The number of para-hydroxylation sites is 1. The van der Waals surface area contributed by atoms with Gasteiger partial charge in [-0.2, -0.15) is 9.90 Å². The molecule has 0 aliphatic carbocycles. The quantitative estimate of drug-likeness (QED) is 0.509. The van der Waals surface area contributed by atoms with E-state index in [9.17, 15) is 0 Å². The lowest BCUT2D eigenvalue weighted by Crippen LogP contribution is -2.04. The topological polar surface area (TPSA) is 70.7 Å². The van der Waals surface area contributed by atoms with E-state index >= 15 is 0 Å². The average Bonchev–Trinajstić information content (AvgIpc) is 3.34. The third kappa shape index (κ3) is 3.50. The van der Waals surface area contributed by atoms with Crippen molar-refractivity contribution in [1.29, 1.82) is 0 Å². The van der Waals surface area contributed by atoms with Crippen LogP contribution in [-0.4, -0.2) is 37.1 Å². The van der Waals surface area contributed by atoms with E-state index in [0.717, 1.165) is 29.0 Å². The predicted molar refractivity (Wildman–Crippen MR) is 109 cm³/mol. The molecule has 0 unspecified atom stereocenters. The molecule has 2 heterocycles. The van der Waals surface area contributed by atoms with Gasteiger partial charge in [-0.25, -0.2) is 4.68 Å². The number of hydrogen-bond acceptors (Lipinski definition) is 6. The van der Waals surface area contributed by atoms with E-state index in [0.29, 0.717) is 17.4 Å². The molecule has 0 atom stereocenters. The van der Waals surface area contributed by atoms with Gasteiger partial charge in [0.2, 0.25) is 5.82 Å². The molecule has 0 aliphatic heterocycles. The summed E-state index contributed by atoms with van der Waals surface area (Å²) < 4.78 is 6.99. The Labute approximate surface area is 168 Å². The summed E-state index contributed by atoms with van der Waals surface area (Å²) in [6.07, 6.45) is 2.64. The maximum absolute atomic E-state index is 5.18. The van der Waals surface area contributed by atoms with Crippen LogP contribution in [0, 0.1) is 0 Å². The number of benzene rings is 2. The summed E-state index contributed by atoms with van der Waals surface area (Å²) in [6.45, 7) is 2.64. The van der Waals surface area contributed by atoms with Gasteiger partial charge in [0.15, 0.2) is 0 Å². The summed E-state index contributed by atoms with van der Waals surface area (Å²) in [5, 5.41) is 18.0. The van der Waals surface area contributed by atoms with Gasteiger partial charge in [0.1, 0.15) is 10.8 Å². The number of rotatable bonds is 6. The van der Waals surface area contributed by atoms with Crippen LogP contribution in [0.25, 0.3) is 17.1 Å². The molecule has 0 aliphatic rings. The SMILES string of the molecule is CCc1ccccc1-n1ncc(-c2nnn(Cc3ccc(OC)cc3)n2)c1S. The predicted octanol–water partition coefficient (Wildman–Crippen LogP) is 3.43. The molecule has 0 saturated heterocycles. The normalized spacial score (nSPS) is 11.0. The summed E-state index contributed by atoms with van der Waals surface area (Å²) in [7, 11) is 1.65. The Kier molecular flexibility index (Phi) is 5.12. The number of ether oxygens (including phenoxy) is 1. The van der Waals surface area contributed by atoms with Gasteiger partial charge < -0.3 is 4.74 Å². The zero-order valence-electron chi connectivity index (χ0n) is 15.6. The smallest absolute Gasteiger partial charge is 0.209 e. The Morgan fingerprint density at radius 2 is 1.86 bits per heavy atom. The molecule has 28 heavy (non-hydrogen) atoms. The largest absolute Gasteiger partial charge is 0.497 e. The highest BCUT2D eigenvalue weighted by Gasteiger charge is 2.16. The Morgan fingerprint density at radius 3 is 2.61 bits per heavy atom. The first-order chi connectivity index (χ1) is 13.7. The van der Waals surface area contributed by atoms with Crippen LogP contribution in [0.4, 0.5) is 0 Å². The minimum atomic E-state index is 0.499. The number of nitrogens with zero attached hydrogens (tertiary/aromatic N) is 6. The minimum absolute atomic E-state index is 0.499. The zero-order valence-corrected chi connectivity index (χ0v) is 16.5. The molecule has 7 nitrogen and oxygen atoms in total. The van der Waals surface area contributed by atoms with E-state index in [2.05, 4.69) is 46.1 Å². The third-order valence-electron chi connectivity index (χ3n) is 4.52. The number of methoxy groups -OCH3 is 1. The van der Waals surface area contributed by atoms with Crippen LogP contribution < -0.4 is 4.74 Å². The molecule has 4 aromatic rings. The van der Waals surface area contributed by atoms with Crippen molar-refractivity contribution in [2.45, 2.75) is 24.9 Å². The average molecular weight is 392 g/mol. The molecular weight excluding hydrogens is 372 g/mol. The second-order valence-electron chi connectivity index (χ2n) is 6.27. The van der Waals surface area contributed by atoms with E-state index < -0.39 is 0 Å². The lowest BCUT2D eigenvalue weighted by Gasteiger charge is -2.09. The van der Waals surface area contributed by atoms with Crippen molar-refractivity contribution < 1.29 is 4.74 Å². The zero-order chi connectivity index (χ0) is 19.5. The van der Waals surface area contributed by atoms with Crippen molar-refractivity contribution in [3.05, 3.63) is 65.9 Å². The molecule has 0 bridgehead atoms. The number of tetrazole rings is 1. The molecule has 2 aromatic heterocycles. The van der Waals surface area contributed by atoms with Crippen LogP contribution in [-0.2, 0) is 13.0 Å². The first kappa shape index (κ1) is 18.2. The molecule has 0 radical (unpaired) electrons. The number of thiol groups is 1. The molecule has 0 N–H and O–H groups in total. The minimum Gasteiger partial charge on any atom is -0.497 e. The van der Waals surface area contributed by atoms with Crippen molar-refractivity contribution in [3.63, 3.8) is 0 Å². The van der Waals surface area contributed by atoms with Crippen LogP contribution in [0.3, 0.4) is 0 Å². The Morgan fingerprint density at radius 1 is 1.07 bits per heavy atom. The number of aromatic nitrogens is 6. The summed E-state index contributed by atoms with van der Waals surface area (Å²) >= 11 is 4.67. The Hall–Kier alpha value is -3.13. The highest BCUT2D eigenvalue weighted by atomic mass is 32.1. The Balaban J connectivity index is 1.60. The van der Waals surface area contributed by atoms with Crippen molar-refractivity contribution >= 4 is 12.6 Å². The number of hydrogen-bond donors (Lipinski definition) is 1. The van der Waals surface area contributed by atoms with Gasteiger partial charge >= 0.3 is 0 Å².